The van der Waals surface area contributed by atoms with Crippen molar-refractivity contribution in [3.8, 4) is 0 Å². The number of carbonyl (C=O) groups is 3. The summed E-state index contributed by atoms with van der Waals surface area (Å²) in [5.74, 6) is -2.50. The van der Waals surface area contributed by atoms with E-state index in [0.717, 1.165) is 0 Å². The number of rotatable bonds is 5. The maximum atomic E-state index is 11.7. The summed E-state index contributed by atoms with van der Waals surface area (Å²) >= 11 is 0. The molecule has 0 radical (unpaired) electrons. The second-order valence-corrected chi connectivity index (χ2v) is 4.86. The summed E-state index contributed by atoms with van der Waals surface area (Å²) in [4.78, 5) is 42.8. The van der Waals surface area contributed by atoms with Gasteiger partial charge in [0.05, 0.1) is 0 Å². The third kappa shape index (κ3) is 7.40. The number of hydrogen-bond acceptors (Lipinski definition) is 7. The first-order chi connectivity index (χ1) is 8.71. The lowest BCUT2D eigenvalue weighted by atomic mass is 10.2. The molecule has 0 aliphatic heterocycles. The van der Waals surface area contributed by atoms with E-state index in [1.807, 2.05) is 0 Å². The monoisotopic (exact) mass is 275 g/mol. The Balaban J connectivity index is 4.40. The number of nitrogens with one attached hydrogen (secondary N) is 1. The van der Waals surface area contributed by atoms with Crippen LogP contribution in [0.15, 0.2) is 0 Å². The van der Waals surface area contributed by atoms with Gasteiger partial charge in [0.1, 0.15) is 5.60 Å². The Bertz CT molecular complexity index is 334. The molecule has 19 heavy (non-hydrogen) atoms. The Morgan fingerprint density at radius 1 is 1.11 bits per heavy atom. The molecule has 0 aromatic rings. The zero-order chi connectivity index (χ0) is 15.1. The molecular weight excluding hydrogens is 254 g/mol. The lowest BCUT2D eigenvalue weighted by Gasteiger charge is -2.22. The molecule has 0 bridgehead atoms. The molecule has 1 atom stereocenters. The molecule has 0 saturated carbocycles. The predicted octanol–water partition coefficient (Wildman–Crippen LogP) is 0.718. The van der Waals surface area contributed by atoms with Crippen LogP contribution in [0.5, 0.6) is 0 Å². The van der Waals surface area contributed by atoms with Gasteiger partial charge in [0.25, 0.3) is 0 Å². The second-order valence-electron chi connectivity index (χ2n) is 4.86. The summed E-state index contributed by atoms with van der Waals surface area (Å²) in [5, 5.41) is 2.44. The molecule has 0 spiro atoms. The summed E-state index contributed by atoms with van der Waals surface area (Å²) in [6.07, 6.45) is 0.696. The molecule has 0 saturated heterocycles. The Kier molecular flexibility index (Phi) is 7.06. The van der Waals surface area contributed by atoms with E-state index in [1.165, 1.54) is 7.05 Å². The van der Waals surface area contributed by atoms with Crippen molar-refractivity contribution in [2.75, 3.05) is 7.05 Å². The van der Waals surface area contributed by atoms with Crippen LogP contribution in [-0.4, -0.2) is 36.6 Å². The first-order valence-corrected chi connectivity index (χ1v) is 6.02. The highest BCUT2D eigenvalue weighted by atomic mass is 17.2. The Morgan fingerprint density at radius 3 is 2.11 bits per heavy atom. The maximum Gasteiger partial charge on any atom is 0.383 e. The lowest BCUT2D eigenvalue weighted by Crippen LogP contribution is -2.46. The van der Waals surface area contributed by atoms with E-state index < -0.39 is 29.6 Å². The SMILES string of the molecule is CCCC(=O)OOC(=O)C(NC)C(=O)OC(C)(C)C. The standard InChI is InChI=1S/C12H21NO6/c1-6-7-8(14)18-19-11(16)9(13-5)10(15)17-12(2,3)4/h9,13H,6-7H2,1-5H3. The quantitative estimate of drug-likeness (QED) is 0.342. The Morgan fingerprint density at radius 2 is 1.68 bits per heavy atom. The molecule has 0 aromatic carbocycles. The fourth-order valence-electron chi connectivity index (χ4n) is 1.07. The third-order valence-corrected chi connectivity index (χ3v) is 1.84. The molecule has 0 aliphatic rings. The number of carbonyl (C=O) groups excluding carboxylic acids is 3. The van der Waals surface area contributed by atoms with E-state index in [9.17, 15) is 14.4 Å². The van der Waals surface area contributed by atoms with Gasteiger partial charge in [-0.25, -0.2) is 24.2 Å². The van der Waals surface area contributed by atoms with Gasteiger partial charge >= 0.3 is 17.9 Å². The summed E-state index contributed by atoms with van der Waals surface area (Å²) in [7, 11) is 1.39. The van der Waals surface area contributed by atoms with E-state index in [2.05, 4.69) is 15.1 Å². The first kappa shape index (κ1) is 17.4. The van der Waals surface area contributed by atoms with Crippen molar-refractivity contribution in [2.24, 2.45) is 0 Å². The van der Waals surface area contributed by atoms with Gasteiger partial charge in [0, 0.05) is 6.42 Å². The van der Waals surface area contributed by atoms with Crippen LogP contribution in [0.4, 0.5) is 0 Å². The molecule has 0 heterocycles. The second kappa shape index (κ2) is 7.73. The highest BCUT2D eigenvalue weighted by Gasteiger charge is 2.32. The van der Waals surface area contributed by atoms with Gasteiger partial charge in [-0.05, 0) is 34.2 Å². The molecule has 7 heteroatoms. The molecule has 1 N–H and O–H groups in total. The number of hydrogen-bond donors (Lipinski definition) is 1. The summed E-state index contributed by atoms with van der Waals surface area (Å²) < 4.78 is 5.02. The normalized spacial score (nSPS) is 12.5. The maximum absolute atomic E-state index is 11.7. The molecule has 0 amide bonds. The van der Waals surface area contributed by atoms with Crippen LogP contribution in [0.25, 0.3) is 0 Å². The lowest BCUT2D eigenvalue weighted by molar-refractivity contribution is -0.260. The van der Waals surface area contributed by atoms with Crippen molar-refractivity contribution in [3.63, 3.8) is 0 Å². The van der Waals surface area contributed by atoms with Crippen LogP contribution < -0.4 is 5.32 Å². The van der Waals surface area contributed by atoms with Gasteiger partial charge in [0.2, 0.25) is 6.04 Å². The van der Waals surface area contributed by atoms with Crippen molar-refractivity contribution in [1.29, 1.82) is 0 Å². The van der Waals surface area contributed by atoms with E-state index in [0.29, 0.717) is 6.42 Å². The van der Waals surface area contributed by atoms with Crippen molar-refractivity contribution >= 4 is 17.9 Å². The van der Waals surface area contributed by atoms with Crippen molar-refractivity contribution < 1.29 is 28.9 Å². The van der Waals surface area contributed by atoms with Crippen LogP contribution in [0.3, 0.4) is 0 Å². The van der Waals surface area contributed by atoms with Crippen molar-refractivity contribution in [1.82, 2.24) is 5.32 Å². The topological polar surface area (TPSA) is 90.9 Å². The predicted molar refractivity (Wildman–Crippen MR) is 65.8 cm³/mol. The van der Waals surface area contributed by atoms with Gasteiger partial charge in [-0.15, -0.1) is 0 Å². The number of esters is 1. The van der Waals surface area contributed by atoms with Gasteiger partial charge in [-0.3, -0.25) is 5.32 Å². The molecule has 110 valence electrons. The molecule has 1 unspecified atom stereocenters. The van der Waals surface area contributed by atoms with Crippen LogP contribution in [0.1, 0.15) is 40.5 Å². The van der Waals surface area contributed by atoms with E-state index >= 15 is 0 Å². The first-order valence-electron chi connectivity index (χ1n) is 6.02. The largest absolute Gasteiger partial charge is 0.458 e. The molecular formula is C12H21NO6. The molecule has 7 nitrogen and oxygen atoms in total. The van der Waals surface area contributed by atoms with Crippen molar-refractivity contribution in [3.05, 3.63) is 0 Å². The molecule has 0 aliphatic carbocycles. The molecule has 0 fully saturated rings. The van der Waals surface area contributed by atoms with Crippen LogP contribution in [0.2, 0.25) is 0 Å². The zero-order valence-electron chi connectivity index (χ0n) is 11.9. The van der Waals surface area contributed by atoms with Crippen molar-refractivity contribution in [2.45, 2.75) is 52.2 Å². The van der Waals surface area contributed by atoms with Gasteiger partial charge < -0.3 is 4.74 Å². The minimum atomic E-state index is -1.34. The average Bonchev–Trinajstić information content (AvgIpc) is 2.25. The Hall–Kier alpha value is -1.63. The van der Waals surface area contributed by atoms with Crippen LogP contribution in [-0.2, 0) is 28.9 Å². The third-order valence-electron chi connectivity index (χ3n) is 1.84. The van der Waals surface area contributed by atoms with Crippen LogP contribution in [0, 0.1) is 0 Å². The highest BCUT2D eigenvalue weighted by molar-refractivity contribution is 5.99. The average molecular weight is 275 g/mol. The number of ether oxygens (including phenoxy) is 1. The molecule has 0 rings (SSSR count). The molecule has 0 aromatic heterocycles. The van der Waals surface area contributed by atoms with E-state index in [4.69, 9.17) is 4.74 Å². The summed E-state index contributed by atoms with van der Waals surface area (Å²) in [5.41, 5.74) is -0.731. The fraction of sp³-hybridized carbons (Fsp3) is 0.750. The van der Waals surface area contributed by atoms with Crippen LogP contribution >= 0.6 is 0 Å². The summed E-state index contributed by atoms with van der Waals surface area (Å²) in [6.45, 7) is 6.79. The fourth-order valence-corrected chi connectivity index (χ4v) is 1.07. The van der Waals surface area contributed by atoms with Gasteiger partial charge in [0.15, 0.2) is 0 Å². The minimum Gasteiger partial charge on any atom is -0.458 e. The summed E-state index contributed by atoms with van der Waals surface area (Å²) in [6, 6.07) is -1.34. The highest BCUT2D eigenvalue weighted by Crippen LogP contribution is 2.09. The Labute approximate surface area is 112 Å². The van der Waals surface area contributed by atoms with E-state index in [1.54, 1.807) is 27.7 Å². The zero-order valence-corrected chi connectivity index (χ0v) is 11.9. The van der Waals surface area contributed by atoms with E-state index in [-0.39, 0.29) is 6.42 Å². The van der Waals surface area contributed by atoms with Gasteiger partial charge in [-0.2, -0.15) is 0 Å². The minimum absolute atomic E-state index is 0.129. The van der Waals surface area contributed by atoms with Gasteiger partial charge in [-0.1, -0.05) is 6.92 Å². The smallest absolute Gasteiger partial charge is 0.383 e. The number of likely N-dealkylation sites (N-methyl/N-ethyl adjacent to an activating group) is 1.